The molecule has 0 radical (unpaired) electrons. The van der Waals surface area contributed by atoms with E-state index in [0.717, 1.165) is 16.6 Å². The molecule has 2 aromatic heterocycles. The van der Waals surface area contributed by atoms with Crippen LogP contribution in [0, 0.1) is 0 Å². The predicted molar refractivity (Wildman–Crippen MR) is 80.2 cm³/mol. The molecule has 0 unspecified atom stereocenters. The van der Waals surface area contributed by atoms with Crippen molar-refractivity contribution in [2.24, 2.45) is 7.05 Å². The summed E-state index contributed by atoms with van der Waals surface area (Å²) in [6.45, 7) is 0.506. The van der Waals surface area contributed by atoms with Gasteiger partial charge >= 0.3 is 5.97 Å². The smallest absolute Gasteiger partial charge is 0.328 e. The number of rotatable bonds is 6. The van der Waals surface area contributed by atoms with E-state index in [1.807, 2.05) is 19.3 Å². The number of aryl methyl sites for hydroxylation is 1. The van der Waals surface area contributed by atoms with Crippen molar-refractivity contribution in [3.8, 4) is 0 Å². The molecule has 6 nitrogen and oxygen atoms in total. The molecule has 7 heteroatoms. The molecule has 0 saturated heterocycles. The molecule has 0 aliphatic rings. The zero-order valence-corrected chi connectivity index (χ0v) is 12.3. The summed E-state index contributed by atoms with van der Waals surface area (Å²) in [5, 5.41) is 17.3. The van der Waals surface area contributed by atoms with Crippen molar-refractivity contribution in [1.29, 1.82) is 0 Å². The molecule has 0 spiro atoms. The van der Waals surface area contributed by atoms with Crippen molar-refractivity contribution in [3.63, 3.8) is 0 Å². The van der Waals surface area contributed by atoms with Crippen LogP contribution in [0.1, 0.15) is 20.9 Å². The number of aromatic nitrogens is 2. The van der Waals surface area contributed by atoms with Crippen LogP contribution in [-0.4, -0.2) is 33.3 Å². The first-order valence-electron chi connectivity index (χ1n) is 6.31. The molecular formula is C14H15N3O3S. The third-order valence-electron chi connectivity index (χ3n) is 2.71. The van der Waals surface area contributed by atoms with Gasteiger partial charge in [-0.15, -0.1) is 11.3 Å². The minimum Gasteiger partial charge on any atom is -0.478 e. The molecule has 2 N–H and O–H groups in total. The number of hydrogen-bond donors (Lipinski definition) is 2. The van der Waals surface area contributed by atoms with Crippen LogP contribution in [0.4, 0.5) is 0 Å². The van der Waals surface area contributed by atoms with Gasteiger partial charge in [-0.1, -0.05) is 0 Å². The van der Waals surface area contributed by atoms with E-state index in [0.29, 0.717) is 18.5 Å². The van der Waals surface area contributed by atoms with Gasteiger partial charge in [-0.2, -0.15) is 5.10 Å². The quantitative estimate of drug-likeness (QED) is 0.793. The summed E-state index contributed by atoms with van der Waals surface area (Å²) in [6, 6.07) is 3.58. The number of amides is 1. The third kappa shape index (κ3) is 4.57. The molecule has 0 aliphatic carbocycles. The Bertz CT molecular complexity index is 673. The number of carbonyl (C=O) groups is 2. The Hall–Kier alpha value is -2.41. The average molecular weight is 305 g/mol. The van der Waals surface area contributed by atoms with Crippen LogP contribution in [0.5, 0.6) is 0 Å². The zero-order valence-electron chi connectivity index (χ0n) is 11.4. The number of thiophene rings is 1. The highest BCUT2D eigenvalue weighted by Gasteiger charge is 2.07. The molecule has 21 heavy (non-hydrogen) atoms. The number of carbonyl (C=O) groups excluding carboxylic acids is 1. The predicted octanol–water partition coefficient (Wildman–Crippen LogP) is 1.55. The number of aliphatic carboxylic acids is 1. The summed E-state index contributed by atoms with van der Waals surface area (Å²) in [5.41, 5.74) is 1.46. The second kappa shape index (κ2) is 6.85. The first-order chi connectivity index (χ1) is 10.0. The van der Waals surface area contributed by atoms with E-state index in [1.165, 1.54) is 17.4 Å². The number of hydrogen-bond acceptors (Lipinski definition) is 4. The Morgan fingerprint density at radius 2 is 2.33 bits per heavy atom. The Morgan fingerprint density at radius 3 is 3.00 bits per heavy atom. The summed E-state index contributed by atoms with van der Waals surface area (Å²) in [5.74, 6) is -1.18. The first-order valence-corrected chi connectivity index (χ1v) is 7.19. The zero-order chi connectivity index (χ0) is 15.2. The summed E-state index contributed by atoms with van der Waals surface area (Å²) >= 11 is 1.33. The SMILES string of the molecule is Cn1ccc(CCNC(=O)c2csc(/C=C/C(=O)O)c2)n1. The molecule has 0 saturated carbocycles. The van der Waals surface area contributed by atoms with Crippen molar-refractivity contribution >= 4 is 29.3 Å². The van der Waals surface area contributed by atoms with Crippen LogP contribution in [0.2, 0.25) is 0 Å². The highest BCUT2D eigenvalue weighted by molar-refractivity contribution is 7.11. The molecule has 110 valence electrons. The van der Waals surface area contributed by atoms with Crippen molar-refractivity contribution in [3.05, 3.63) is 45.9 Å². The number of carboxylic acid groups (broad SMARTS) is 1. The van der Waals surface area contributed by atoms with Gasteiger partial charge in [-0.3, -0.25) is 9.48 Å². The van der Waals surface area contributed by atoms with Gasteiger partial charge in [0.1, 0.15) is 0 Å². The highest BCUT2D eigenvalue weighted by Crippen LogP contribution is 2.16. The molecule has 0 bridgehead atoms. The Balaban J connectivity index is 1.84. The fourth-order valence-electron chi connectivity index (χ4n) is 1.72. The lowest BCUT2D eigenvalue weighted by atomic mass is 10.2. The Morgan fingerprint density at radius 1 is 1.52 bits per heavy atom. The van der Waals surface area contributed by atoms with Crippen LogP contribution >= 0.6 is 11.3 Å². The maximum absolute atomic E-state index is 11.9. The first kappa shape index (κ1) is 15.0. The Labute approximate surface area is 125 Å². The number of nitrogens with one attached hydrogen (secondary N) is 1. The van der Waals surface area contributed by atoms with Crippen molar-refractivity contribution < 1.29 is 14.7 Å². The van der Waals surface area contributed by atoms with Gasteiger partial charge in [0, 0.05) is 42.5 Å². The minimum absolute atomic E-state index is 0.169. The summed E-state index contributed by atoms with van der Waals surface area (Å²) < 4.78 is 1.72. The van der Waals surface area contributed by atoms with Crippen LogP contribution in [0.3, 0.4) is 0 Å². The van der Waals surface area contributed by atoms with E-state index in [4.69, 9.17) is 5.11 Å². The maximum Gasteiger partial charge on any atom is 0.328 e. The second-order valence-electron chi connectivity index (χ2n) is 4.40. The monoisotopic (exact) mass is 305 g/mol. The van der Waals surface area contributed by atoms with E-state index in [1.54, 1.807) is 16.1 Å². The lowest BCUT2D eigenvalue weighted by Gasteiger charge is -2.01. The highest BCUT2D eigenvalue weighted by atomic mass is 32.1. The van der Waals surface area contributed by atoms with Crippen LogP contribution in [0.15, 0.2) is 29.8 Å². The topological polar surface area (TPSA) is 84.2 Å². The van der Waals surface area contributed by atoms with Gasteiger partial charge < -0.3 is 10.4 Å². The van der Waals surface area contributed by atoms with Gasteiger partial charge in [0.25, 0.3) is 5.91 Å². The van der Waals surface area contributed by atoms with Crippen molar-refractivity contribution in [2.75, 3.05) is 6.54 Å². The van der Waals surface area contributed by atoms with E-state index in [9.17, 15) is 9.59 Å². The molecule has 2 rings (SSSR count). The van der Waals surface area contributed by atoms with E-state index >= 15 is 0 Å². The van der Waals surface area contributed by atoms with Gasteiger partial charge in [0.05, 0.1) is 11.3 Å². The largest absolute Gasteiger partial charge is 0.478 e. The number of carboxylic acids is 1. The maximum atomic E-state index is 11.9. The van der Waals surface area contributed by atoms with E-state index < -0.39 is 5.97 Å². The molecular weight excluding hydrogens is 290 g/mol. The van der Waals surface area contributed by atoms with Crippen LogP contribution in [0.25, 0.3) is 6.08 Å². The van der Waals surface area contributed by atoms with Gasteiger partial charge in [-0.05, 0) is 18.2 Å². The van der Waals surface area contributed by atoms with Gasteiger partial charge in [0.15, 0.2) is 0 Å². The normalized spacial score (nSPS) is 10.9. The van der Waals surface area contributed by atoms with E-state index in [-0.39, 0.29) is 5.91 Å². The van der Waals surface area contributed by atoms with Gasteiger partial charge in [0.2, 0.25) is 0 Å². The molecule has 2 aromatic rings. The molecule has 0 atom stereocenters. The molecule has 0 fully saturated rings. The summed E-state index contributed by atoms with van der Waals surface area (Å²) in [6.07, 6.45) is 5.05. The fraction of sp³-hybridized carbons (Fsp3) is 0.214. The lowest BCUT2D eigenvalue weighted by Crippen LogP contribution is -2.25. The molecule has 1 amide bonds. The fourth-order valence-corrected chi connectivity index (χ4v) is 2.50. The molecule has 0 aliphatic heterocycles. The third-order valence-corrected chi connectivity index (χ3v) is 3.61. The van der Waals surface area contributed by atoms with Gasteiger partial charge in [-0.25, -0.2) is 4.79 Å². The Kier molecular flexibility index (Phi) is 4.89. The summed E-state index contributed by atoms with van der Waals surface area (Å²) in [4.78, 5) is 23.1. The summed E-state index contributed by atoms with van der Waals surface area (Å²) in [7, 11) is 1.85. The van der Waals surface area contributed by atoms with E-state index in [2.05, 4.69) is 10.4 Å². The average Bonchev–Trinajstić information content (AvgIpc) is 3.05. The van der Waals surface area contributed by atoms with Crippen molar-refractivity contribution in [1.82, 2.24) is 15.1 Å². The van der Waals surface area contributed by atoms with Crippen LogP contribution in [-0.2, 0) is 18.3 Å². The standard InChI is InChI=1S/C14H15N3O3S/c1-17-7-5-11(16-17)4-6-15-14(20)10-8-12(21-9-10)2-3-13(18)19/h2-3,5,7-9H,4,6H2,1H3,(H,15,20)(H,18,19)/b3-2+. The molecule has 2 heterocycles. The van der Waals surface area contributed by atoms with Crippen molar-refractivity contribution in [2.45, 2.75) is 6.42 Å². The van der Waals surface area contributed by atoms with Crippen LogP contribution < -0.4 is 5.32 Å². The minimum atomic E-state index is -1.01. The number of nitrogens with zero attached hydrogens (tertiary/aromatic N) is 2. The lowest BCUT2D eigenvalue weighted by molar-refractivity contribution is -0.131. The second-order valence-corrected chi connectivity index (χ2v) is 5.34. The molecule has 0 aromatic carbocycles.